The van der Waals surface area contributed by atoms with Gasteiger partial charge in [-0.1, -0.05) is 6.07 Å². The molecule has 0 aliphatic carbocycles. The van der Waals surface area contributed by atoms with Crippen LogP contribution in [0.3, 0.4) is 0 Å². The molecule has 0 saturated heterocycles. The zero-order chi connectivity index (χ0) is 11.2. The summed E-state index contributed by atoms with van der Waals surface area (Å²) < 4.78 is 2.02. The number of carbonyl (C=O) groups is 1. The van der Waals surface area contributed by atoms with E-state index in [1.54, 1.807) is 12.1 Å². The van der Waals surface area contributed by atoms with Crippen molar-refractivity contribution in [2.24, 2.45) is 7.05 Å². The SMILES string of the molecule is Cc1c(C)n(C)c2cc(C(=O)O)ccc12. The number of rotatable bonds is 1. The number of aromatic nitrogens is 1. The Morgan fingerprint density at radius 3 is 2.60 bits per heavy atom. The maximum absolute atomic E-state index is 10.8. The Hall–Kier alpha value is -1.77. The normalized spacial score (nSPS) is 10.9. The monoisotopic (exact) mass is 203 g/mol. The van der Waals surface area contributed by atoms with Crippen LogP contribution in [0.2, 0.25) is 0 Å². The minimum Gasteiger partial charge on any atom is -0.478 e. The molecule has 0 spiro atoms. The van der Waals surface area contributed by atoms with Crippen molar-refractivity contribution in [3.63, 3.8) is 0 Å². The van der Waals surface area contributed by atoms with Crippen LogP contribution in [-0.2, 0) is 7.05 Å². The fourth-order valence-corrected chi connectivity index (χ4v) is 1.89. The molecule has 3 heteroatoms. The second-order valence-electron chi connectivity index (χ2n) is 3.81. The first-order chi connectivity index (χ1) is 7.02. The predicted molar refractivity (Wildman–Crippen MR) is 59.4 cm³/mol. The highest BCUT2D eigenvalue weighted by Gasteiger charge is 2.10. The van der Waals surface area contributed by atoms with Crippen LogP contribution in [0.4, 0.5) is 0 Å². The van der Waals surface area contributed by atoms with Crippen LogP contribution in [-0.4, -0.2) is 15.6 Å². The molecule has 1 aromatic carbocycles. The number of hydrogen-bond acceptors (Lipinski definition) is 1. The molecule has 0 aliphatic heterocycles. The molecule has 2 aromatic rings. The standard InChI is InChI=1S/C12H13NO2/c1-7-8(2)13(3)11-6-9(12(14)15)4-5-10(7)11/h4-6H,1-3H3,(H,14,15). The molecule has 0 fully saturated rings. The average molecular weight is 203 g/mol. The van der Waals surface area contributed by atoms with Gasteiger partial charge in [0.05, 0.1) is 5.56 Å². The van der Waals surface area contributed by atoms with Gasteiger partial charge in [-0.2, -0.15) is 0 Å². The molecule has 78 valence electrons. The summed E-state index contributed by atoms with van der Waals surface area (Å²) in [7, 11) is 1.95. The van der Waals surface area contributed by atoms with Gasteiger partial charge in [0.25, 0.3) is 0 Å². The summed E-state index contributed by atoms with van der Waals surface area (Å²) in [6.45, 7) is 4.09. The Balaban J connectivity index is 2.82. The highest BCUT2D eigenvalue weighted by atomic mass is 16.4. The fourth-order valence-electron chi connectivity index (χ4n) is 1.89. The van der Waals surface area contributed by atoms with Gasteiger partial charge < -0.3 is 9.67 Å². The zero-order valence-corrected chi connectivity index (χ0v) is 9.03. The molecule has 2 rings (SSSR count). The lowest BCUT2D eigenvalue weighted by Gasteiger charge is -1.99. The summed E-state index contributed by atoms with van der Waals surface area (Å²) >= 11 is 0. The van der Waals surface area contributed by atoms with Gasteiger partial charge in [0.1, 0.15) is 0 Å². The predicted octanol–water partition coefficient (Wildman–Crippen LogP) is 2.49. The first-order valence-corrected chi connectivity index (χ1v) is 4.81. The van der Waals surface area contributed by atoms with E-state index in [1.165, 1.54) is 11.3 Å². The van der Waals surface area contributed by atoms with Crippen molar-refractivity contribution >= 4 is 16.9 Å². The molecule has 0 radical (unpaired) electrons. The quantitative estimate of drug-likeness (QED) is 0.773. The molecule has 1 N–H and O–H groups in total. The second kappa shape index (κ2) is 3.12. The van der Waals surface area contributed by atoms with E-state index >= 15 is 0 Å². The summed E-state index contributed by atoms with van der Waals surface area (Å²) in [6.07, 6.45) is 0. The lowest BCUT2D eigenvalue weighted by Crippen LogP contribution is -1.96. The summed E-state index contributed by atoms with van der Waals surface area (Å²) in [5.74, 6) is -0.881. The van der Waals surface area contributed by atoms with Crippen LogP contribution in [0.25, 0.3) is 10.9 Å². The van der Waals surface area contributed by atoms with Crippen LogP contribution in [0.1, 0.15) is 21.6 Å². The van der Waals surface area contributed by atoms with Gasteiger partial charge in [0, 0.05) is 23.6 Å². The van der Waals surface area contributed by atoms with Crippen molar-refractivity contribution in [3.05, 3.63) is 35.0 Å². The molecular weight excluding hydrogens is 190 g/mol. The fraction of sp³-hybridized carbons (Fsp3) is 0.250. The Kier molecular flexibility index (Phi) is 2.03. The second-order valence-corrected chi connectivity index (χ2v) is 3.81. The van der Waals surface area contributed by atoms with Crippen LogP contribution >= 0.6 is 0 Å². The molecule has 0 bridgehead atoms. The summed E-state index contributed by atoms with van der Waals surface area (Å²) in [6, 6.07) is 5.25. The van der Waals surface area contributed by atoms with Gasteiger partial charge in [-0.15, -0.1) is 0 Å². The average Bonchev–Trinajstić information content (AvgIpc) is 2.44. The highest BCUT2D eigenvalue weighted by molar-refractivity contribution is 5.95. The number of carboxylic acids is 1. The molecule has 1 aromatic heterocycles. The third kappa shape index (κ3) is 1.31. The van der Waals surface area contributed by atoms with E-state index in [-0.39, 0.29) is 0 Å². The Labute approximate surface area is 87.9 Å². The molecule has 0 saturated carbocycles. The molecule has 0 unspecified atom stereocenters. The molecular formula is C12H13NO2. The number of fused-ring (bicyclic) bond motifs is 1. The number of carboxylic acid groups (broad SMARTS) is 1. The van der Waals surface area contributed by atoms with Crippen LogP contribution in [0.15, 0.2) is 18.2 Å². The summed E-state index contributed by atoms with van der Waals surface area (Å²) in [5, 5.41) is 10.0. The van der Waals surface area contributed by atoms with Crippen molar-refractivity contribution in [3.8, 4) is 0 Å². The Bertz CT molecular complexity index is 552. The Morgan fingerprint density at radius 1 is 1.33 bits per heavy atom. The third-order valence-electron chi connectivity index (χ3n) is 3.06. The zero-order valence-electron chi connectivity index (χ0n) is 9.03. The number of nitrogens with zero attached hydrogens (tertiary/aromatic N) is 1. The number of benzene rings is 1. The number of hydrogen-bond donors (Lipinski definition) is 1. The molecule has 0 aliphatic rings. The van der Waals surface area contributed by atoms with Crippen molar-refractivity contribution in [1.29, 1.82) is 0 Å². The van der Waals surface area contributed by atoms with E-state index in [1.807, 2.05) is 24.6 Å². The van der Waals surface area contributed by atoms with E-state index in [9.17, 15) is 4.79 Å². The van der Waals surface area contributed by atoms with Crippen molar-refractivity contribution in [2.45, 2.75) is 13.8 Å². The van der Waals surface area contributed by atoms with Gasteiger partial charge in [-0.05, 0) is 31.5 Å². The number of aryl methyl sites for hydroxylation is 2. The molecule has 15 heavy (non-hydrogen) atoms. The summed E-state index contributed by atoms with van der Waals surface area (Å²) in [5.41, 5.74) is 3.70. The lowest BCUT2D eigenvalue weighted by atomic mass is 10.1. The summed E-state index contributed by atoms with van der Waals surface area (Å²) in [4.78, 5) is 10.8. The van der Waals surface area contributed by atoms with Gasteiger partial charge in [0.2, 0.25) is 0 Å². The topological polar surface area (TPSA) is 42.2 Å². The third-order valence-corrected chi connectivity index (χ3v) is 3.06. The number of aromatic carboxylic acids is 1. The van der Waals surface area contributed by atoms with Gasteiger partial charge in [-0.3, -0.25) is 0 Å². The minimum atomic E-state index is -0.881. The van der Waals surface area contributed by atoms with E-state index < -0.39 is 5.97 Å². The smallest absolute Gasteiger partial charge is 0.335 e. The molecule has 0 atom stereocenters. The lowest BCUT2D eigenvalue weighted by molar-refractivity contribution is 0.0697. The van der Waals surface area contributed by atoms with E-state index in [4.69, 9.17) is 5.11 Å². The van der Waals surface area contributed by atoms with Crippen molar-refractivity contribution in [2.75, 3.05) is 0 Å². The van der Waals surface area contributed by atoms with Crippen LogP contribution in [0.5, 0.6) is 0 Å². The van der Waals surface area contributed by atoms with Crippen molar-refractivity contribution in [1.82, 2.24) is 4.57 Å². The first kappa shape index (κ1) is 9.77. The molecule has 3 nitrogen and oxygen atoms in total. The van der Waals surface area contributed by atoms with Crippen LogP contribution in [0, 0.1) is 13.8 Å². The van der Waals surface area contributed by atoms with E-state index in [0.717, 1.165) is 10.9 Å². The van der Waals surface area contributed by atoms with Crippen molar-refractivity contribution < 1.29 is 9.90 Å². The van der Waals surface area contributed by atoms with Gasteiger partial charge in [0.15, 0.2) is 0 Å². The maximum Gasteiger partial charge on any atom is 0.335 e. The van der Waals surface area contributed by atoms with E-state index in [2.05, 4.69) is 6.92 Å². The van der Waals surface area contributed by atoms with Gasteiger partial charge in [-0.25, -0.2) is 4.79 Å². The first-order valence-electron chi connectivity index (χ1n) is 4.81. The molecule has 1 heterocycles. The maximum atomic E-state index is 10.8. The minimum absolute atomic E-state index is 0.336. The van der Waals surface area contributed by atoms with Gasteiger partial charge >= 0.3 is 5.97 Å². The highest BCUT2D eigenvalue weighted by Crippen LogP contribution is 2.24. The largest absolute Gasteiger partial charge is 0.478 e. The Morgan fingerprint density at radius 2 is 2.00 bits per heavy atom. The van der Waals surface area contributed by atoms with Crippen LogP contribution < -0.4 is 0 Å². The van der Waals surface area contributed by atoms with E-state index in [0.29, 0.717) is 5.56 Å². The molecule has 0 amide bonds.